The van der Waals surface area contributed by atoms with Crippen molar-refractivity contribution in [3.63, 3.8) is 0 Å². The minimum absolute atomic E-state index is 0.127. The third kappa shape index (κ3) is 2.95. The van der Waals surface area contributed by atoms with E-state index in [-0.39, 0.29) is 17.3 Å². The van der Waals surface area contributed by atoms with Crippen LogP contribution in [-0.4, -0.2) is 32.3 Å². The van der Waals surface area contributed by atoms with Crippen molar-refractivity contribution in [3.05, 3.63) is 24.1 Å². The van der Waals surface area contributed by atoms with E-state index in [1.807, 2.05) is 6.92 Å². The molecular weight excluding hydrogens is 326 g/mol. The predicted octanol–water partition coefficient (Wildman–Crippen LogP) is 2.30. The number of hydrogen-bond donors (Lipinski definition) is 3. The zero-order chi connectivity index (χ0) is 18.4. The molecule has 0 radical (unpaired) electrons. The molecule has 0 bridgehead atoms. The van der Waals surface area contributed by atoms with Crippen molar-refractivity contribution < 1.29 is 24.2 Å². The van der Waals surface area contributed by atoms with Gasteiger partial charge in [0, 0.05) is 12.0 Å². The van der Waals surface area contributed by atoms with Crippen molar-refractivity contribution in [1.82, 2.24) is 10.2 Å². The van der Waals surface area contributed by atoms with Gasteiger partial charge in [0.05, 0.1) is 17.5 Å². The second-order valence-corrected chi connectivity index (χ2v) is 6.69. The van der Waals surface area contributed by atoms with E-state index < -0.39 is 29.1 Å². The maximum absolute atomic E-state index is 12.4. The molecule has 25 heavy (non-hydrogen) atoms. The van der Waals surface area contributed by atoms with Crippen LogP contribution in [0.3, 0.4) is 0 Å². The van der Waals surface area contributed by atoms with Gasteiger partial charge < -0.3 is 19.9 Å². The molecule has 0 aliphatic heterocycles. The fourth-order valence-electron chi connectivity index (χ4n) is 3.08. The summed E-state index contributed by atoms with van der Waals surface area (Å²) in [6, 6.07) is 4.53. The number of phenolic OH excluding ortho intramolecular Hbond substituents is 1. The summed E-state index contributed by atoms with van der Waals surface area (Å²) in [5, 5.41) is 29.6. The highest BCUT2D eigenvalue weighted by Crippen LogP contribution is 2.58. The number of aromatic nitrogens is 2. The third-order valence-corrected chi connectivity index (χ3v) is 4.65. The maximum Gasteiger partial charge on any atom is 0.307 e. The van der Waals surface area contributed by atoms with Crippen LogP contribution < -0.4 is 5.32 Å². The summed E-state index contributed by atoms with van der Waals surface area (Å²) >= 11 is 0. The van der Waals surface area contributed by atoms with E-state index in [4.69, 9.17) is 4.42 Å². The normalized spacial score (nSPS) is 20.9. The average Bonchev–Trinajstić information content (AvgIpc) is 2.92. The Hall–Kier alpha value is -2.90. The Kier molecular flexibility index (Phi) is 3.98. The van der Waals surface area contributed by atoms with E-state index in [2.05, 4.69) is 15.5 Å². The van der Waals surface area contributed by atoms with Crippen molar-refractivity contribution >= 4 is 17.6 Å². The van der Waals surface area contributed by atoms with Crippen LogP contribution in [0.2, 0.25) is 0 Å². The van der Waals surface area contributed by atoms with Crippen LogP contribution in [-0.2, 0) is 16.0 Å². The highest BCUT2D eigenvalue weighted by Gasteiger charge is 2.65. The average molecular weight is 345 g/mol. The van der Waals surface area contributed by atoms with Crippen LogP contribution in [0.25, 0.3) is 11.5 Å². The van der Waals surface area contributed by atoms with Crippen molar-refractivity contribution in [2.24, 2.45) is 17.3 Å². The van der Waals surface area contributed by atoms with Gasteiger partial charge in [0.1, 0.15) is 5.75 Å². The number of nitrogens with zero attached hydrogens (tertiary/aromatic N) is 2. The molecular formula is C17H19N3O5. The van der Waals surface area contributed by atoms with E-state index in [0.717, 1.165) is 0 Å². The first-order chi connectivity index (χ1) is 11.8. The zero-order valence-corrected chi connectivity index (χ0v) is 14.1. The summed E-state index contributed by atoms with van der Waals surface area (Å²) in [4.78, 5) is 23.6. The lowest BCUT2D eigenvalue weighted by molar-refractivity contribution is -0.140. The van der Waals surface area contributed by atoms with E-state index in [1.54, 1.807) is 19.9 Å². The Morgan fingerprint density at radius 2 is 2.00 bits per heavy atom. The minimum Gasteiger partial charge on any atom is -0.506 e. The molecule has 1 heterocycles. The van der Waals surface area contributed by atoms with Gasteiger partial charge in [-0.05, 0) is 23.6 Å². The number of hydrogen-bond acceptors (Lipinski definition) is 6. The van der Waals surface area contributed by atoms with E-state index in [0.29, 0.717) is 17.9 Å². The zero-order valence-electron chi connectivity index (χ0n) is 14.1. The molecule has 1 aromatic heterocycles. The van der Waals surface area contributed by atoms with Crippen molar-refractivity contribution in [1.29, 1.82) is 0 Å². The first-order valence-electron chi connectivity index (χ1n) is 7.95. The number of benzene rings is 1. The number of carboxylic acid groups (broad SMARTS) is 1. The fraction of sp³-hybridized carbons (Fsp3) is 0.412. The molecule has 2 aromatic rings. The van der Waals surface area contributed by atoms with Crippen LogP contribution in [0.1, 0.15) is 26.7 Å². The van der Waals surface area contributed by atoms with Gasteiger partial charge in [-0.2, -0.15) is 0 Å². The molecule has 0 saturated heterocycles. The number of aromatic hydroxyl groups is 1. The minimum atomic E-state index is -0.999. The molecule has 0 spiro atoms. The van der Waals surface area contributed by atoms with Gasteiger partial charge in [0.2, 0.25) is 17.7 Å². The molecule has 1 aliphatic carbocycles. The standard InChI is InChI=1S/C17H19N3O5/c1-4-11-19-20-15(25-11)8-5-6-10(21)9(7-8)18-14(22)12-13(16(23)24)17(12,2)3/h5-7,12-13,21H,4H2,1-3H3,(H,18,22)(H,23,24)/t12-,13+/m1/s1. The Morgan fingerprint density at radius 3 is 2.56 bits per heavy atom. The summed E-state index contributed by atoms with van der Waals surface area (Å²) < 4.78 is 5.47. The Bertz CT molecular complexity index is 843. The molecule has 3 N–H and O–H groups in total. The highest BCUT2D eigenvalue weighted by molar-refractivity contribution is 6.00. The van der Waals surface area contributed by atoms with Crippen LogP contribution in [0.4, 0.5) is 5.69 Å². The van der Waals surface area contributed by atoms with Gasteiger partial charge in [-0.25, -0.2) is 0 Å². The second-order valence-electron chi connectivity index (χ2n) is 6.69. The molecule has 8 heteroatoms. The first-order valence-corrected chi connectivity index (χ1v) is 7.95. The number of aryl methyl sites for hydroxylation is 1. The smallest absolute Gasteiger partial charge is 0.307 e. The molecule has 1 aromatic carbocycles. The lowest BCUT2D eigenvalue weighted by Gasteiger charge is -2.09. The molecule has 1 fully saturated rings. The summed E-state index contributed by atoms with van der Waals surface area (Å²) in [6.07, 6.45) is 0.599. The van der Waals surface area contributed by atoms with Gasteiger partial charge in [-0.3, -0.25) is 9.59 Å². The van der Waals surface area contributed by atoms with Crippen molar-refractivity contribution in [2.45, 2.75) is 27.2 Å². The summed E-state index contributed by atoms with van der Waals surface area (Å²) in [5.74, 6) is -2.19. The van der Waals surface area contributed by atoms with Crippen LogP contribution in [0, 0.1) is 17.3 Å². The number of phenols is 1. The molecule has 132 valence electrons. The first kappa shape index (κ1) is 16.9. The number of rotatable bonds is 5. The van der Waals surface area contributed by atoms with Gasteiger partial charge in [0.15, 0.2) is 0 Å². The number of carbonyl (C=O) groups is 2. The van der Waals surface area contributed by atoms with Gasteiger partial charge in [-0.15, -0.1) is 10.2 Å². The Balaban J connectivity index is 1.82. The molecule has 0 unspecified atom stereocenters. The van der Waals surface area contributed by atoms with E-state index >= 15 is 0 Å². The molecule has 3 rings (SSSR count). The van der Waals surface area contributed by atoms with E-state index in [1.165, 1.54) is 12.1 Å². The van der Waals surface area contributed by atoms with Crippen LogP contribution in [0.15, 0.2) is 22.6 Å². The molecule has 8 nitrogen and oxygen atoms in total. The SMILES string of the molecule is CCc1nnc(-c2ccc(O)c(NC(=O)[C@H]3[C@@H](C(=O)O)C3(C)C)c2)o1. The van der Waals surface area contributed by atoms with Gasteiger partial charge in [0.25, 0.3) is 0 Å². The third-order valence-electron chi connectivity index (χ3n) is 4.65. The van der Waals surface area contributed by atoms with Gasteiger partial charge >= 0.3 is 5.97 Å². The molecule has 2 atom stereocenters. The number of anilines is 1. The van der Waals surface area contributed by atoms with Gasteiger partial charge in [-0.1, -0.05) is 20.8 Å². The monoisotopic (exact) mass is 345 g/mol. The number of aliphatic carboxylic acids is 1. The van der Waals surface area contributed by atoms with Crippen LogP contribution in [0.5, 0.6) is 5.75 Å². The Morgan fingerprint density at radius 1 is 1.28 bits per heavy atom. The molecule has 1 amide bonds. The summed E-state index contributed by atoms with van der Waals surface area (Å²) in [7, 11) is 0. The number of nitrogens with one attached hydrogen (secondary N) is 1. The van der Waals surface area contributed by atoms with Crippen molar-refractivity contribution in [2.75, 3.05) is 5.32 Å². The Labute approximate surface area is 143 Å². The lowest BCUT2D eigenvalue weighted by atomic mass is 10.1. The number of carbonyl (C=O) groups excluding carboxylic acids is 1. The largest absolute Gasteiger partial charge is 0.506 e. The summed E-state index contributed by atoms with van der Waals surface area (Å²) in [6.45, 7) is 5.35. The highest BCUT2D eigenvalue weighted by atomic mass is 16.4. The summed E-state index contributed by atoms with van der Waals surface area (Å²) in [5.41, 5.74) is 0.0989. The van der Waals surface area contributed by atoms with E-state index in [9.17, 15) is 19.8 Å². The lowest BCUT2D eigenvalue weighted by Crippen LogP contribution is -2.17. The maximum atomic E-state index is 12.4. The van der Waals surface area contributed by atoms with Crippen molar-refractivity contribution in [3.8, 4) is 17.2 Å². The van der Waals surface area contributed by atoms with Crippen LogP contribution >= 0.6 is 0 Å². The number of amides is 1. The quantitative estimate of drug-likeness (QED) is 0.710. The number of carboxylic acids is 1. The topological polar surface area (TPSA) is 126 Å². The molecule has 1 saturated carbocycles. The second kappa shape index (κ2) is 5.87. The molecule has 1 aliphatic rings. The fourth-order valence-corrected chi connectivity index (χ4v) is 3.08. The predicted molar refractivity (Wildman–Crippen MR) is 87.8 cm³/mol.